The molecule has 0 aromatic carbocycles. The molecule has 4 nitrogen and oxygen atoms in total. The van der Waals surface area contributed by atoms with Gasteiger partial charge in [0, 0.05) is 41.9 Å². The van der Waals surface area contributed by atoms with E-state index in [2.05, 4.69) is 0 Å². The normalized spacial score (nSPS) is 22.5. The van der Waals surface area contributed by atoms with Crippen LogP contribution < -0.4 is 5.73 Å². The Morgan fingerprint density at radius 2 is 2.00 bits per heavy atom. The first-order valence-electron chi connectivity index (χ1n) is 5.38. The molecule has 88 valence electrons. The molecule has 1 rings (SSSR count). The molecule has 0 radical (unpaired) electrons. The predicted molar refractivity (Wildman–Crippen MR) is 61.9 cm³/mol. The molecule has 1 fully saturated rings. The average Bonchev–Trinajstić information content (AvgIpc) is 2.28. The molecule has 0 spiro atoms. The van der Waals surface area contributed by atoms with Crippen LogP contribution >= 0.6 is 0 Å². The number of nitrogens with zero attached hydrogens (tertiary/aromatic N) is 1. The van der Waals surface area contributed by atoms with Gasteiger partial charge in [-0.05, 0) is 13.3 Å². The van der Waals surface area contributed by atoms with Crippen molar-refractivity contribution in [2.45, 2.75) is 20.3 Å². The molecule has 5 heteroatoms. The lowest BCUT2D eigenvalue weighted by Crippen LogP contribution is -2.50. The van der Waals surface area contributed by atoms with E-state index in [1.807, 2.05) is 13.8 Å². The van der Waals surface area contributed by atoms with E-state index < -0.39 is 16.2 Å². The molecule has 2 N–H and O–H groups in total. The first-order chi connectivity index (χ1) is 7.03. The van der Waals surface area contributed by atoms with Gasteiger partial charge in [0.1, 0.15) is 0 Å². The topological polar surface area (TPSA) is 63.4 Å². The summed E-state index contributed by atoms with van der Waals surface area (Å²) in [6, 6.07) is 0. The van der Waals surface area contributed by atoms with E-state index in [1.165, 1.54) is 0 Å². The SMILES string of the molecule is CCC(C)(CN)C(=O)N1CCS(=O)CC1. The van der Waals surface area contributed by atoms with Crippen LogP contribution in [0, 0.1) is 5.41 Å². The highest BCUT2D eigenvalue weighted by molar-refractivity contribution is 7.85. The van der Waals surface area contributed by atoms with E-state index in [9.17, 15) is 9.00 Å². The lowest BCUT2D eigenvalue weighted by atomic mass is 9.86. The van der Waals surface area contributed by atoms with Gasteiger partial charge in [0.15, 0.2) is 0 Å². The summed E-state index contributed by atoms with van der Waals surface area (Å²) in [7, 11) is -0.733. The zero-order valence-electron chi connectivity index (χ0n) is 9.49. The molecular weight excluding hydrogens is 212 g/mol. The van der Waals surface area contributed by atoms with Crippen molar-refractivity contribution in [2.24, 2.45) is 11.1 Å². The van der Waals surface area contributed by atoms with E-state index in [0.29, 0.717) is 31.1 Å². The number of carbonyl (C=O) groups is 1. The molecule has 0 saturated carbocycles. The fraction of sp³-hybridized carbons (Fsp3) is 0.900. The number of amides is 1. The van der Waals surface area contributed by atoms with E-state index in [-0.39, 0.29) is 5.91 Å². The number of nitrogens with two attached hydrogens (primary N) is 1. The van der Waals surface area contributed by atoms with Crippen LogP contribution in [0.5, 0.6) is 0 Å². The lowest BCUT2D eigenvalue weighted by molar-refractivity contribution is -0.140. The molecule has 0 aliphatic carbocycles. The minimum Gasteiger partial charge on any atom is -0.340 e. The summed E-state index contributed by atoms with van der Waals surface area (Å²) in [5.41, 5.74) is 5.20. The largest absolute Gasteiger partial charge is 0.340 e. The molecule has 1 amide bonds. The van der Waals surface area contributed by atoms with Gasteiger partial charge in [0.2, 0.25) is 5.91 Å². The van der Waals surface area contributed by atoms with Gasteiger partial charge in [-0.25, -0.2) is 0 Å². The highest BCUT2D eigenvalue weighted by Crippen LogP contribution is 2.23. The Labute approximate surface area is 93.7 Å². The van der Waals surface area contributed by atoms with Crippen molar-refractivity contribution in [3.05, 3.63) is 0 Å². The maximum atomic E-state index is 12.1. The van der Waals surface area contributed by atoms with Crippen molar-refractivity contribution in [2.75, 3.05) is 31.1 Å². The van der Waals surface area contributed by atoms with Crippen LogP contribution in [-0.4, -0.2) is 46.2 Å². The predicted octanol–water partition coefficient (Wildman–Crippen LogP) is -0.0477. The van der Waals surface area contributed by atoms with Crippen molar-refractivity contribution in [1.29, 1.82) is 0 Å². The first kappa shape index (κ1) is 12.6. The number of carbonyl (C=O) groups excluding carboxylic acids is 1. The van der Waals surface area contributed by atoms with Crippen LogP contribution in [0.4, 0.5) is 0 Å². The summed E-state index contributed by atoms with van der Waals surface area (Å²) in [5.74, 6) is 1.33. The van der Waals surface area contributed by atoms with Crippen molar-refractivity contribution < 1.29 is 9.00 Å². The third-order valence-electron chi connectivity index (χ3n) is 3.21. The van der Waals surface area contributed by atoms with E-state index in [1.54, 1.807) is 4.90 Å². The van der Waals surface area contributed by atoms with Crippen molar-refractivity contribution in [3.8, 4) is 0 Å². The fourth-order valence-corrected chi connectivity index (χ4v) is 2.66. The summed E-state index contributed by atoms with van der Waals surface area (Å²) in [4.78, 5) is 13.9. The Bertz CT molecular complexity index is 254. The van der Waals surface area contributed by atoms with Gasteiger partial charge >= 0.3 is 0 Å². The highest BCUT2D eigenvalue weighted by atomic mass is 32.2. The second-order valence-electron chi connectivity index (χ2n) is 4.26. The molecule has 1 saturated heterocycles. The van der Waals surface area contributed by atoms with E-state index in [0.717, 1.165) is 6.42 Å². The monoisotopic (exact) mass is 232 g/mol. The van der Waals surface area contributed by atoms with Gasteiger partial charge < -0.3 is 10.6 Å². The zero-order valence-corrected chi connectivity index (χ0v) is 10.3. The Morgan fingerprint density at radius 1 is 1.47 bits per heavy atom. The summed E-state index contributed by atoms with van der Waals surface area (Å²) in [5, 5.41) is 0. The van der Waals surface area contributed by atoms with E-state index >= 15 is 0 Å². The average molecular weight is 232 g/mol. The molecule has 1 aliphatic rings. The Kier molecular flexibility index (Phi) is 4.28. The summed E-state index contributed by atoms with van der Waals surface area (Å²) >= 11 is 0. The molecule has 1 unspecified atom stereocenters. The Hall–Kier alpha value is -0.420. The number of hydrogen-bond acceptors (Lipinski definition) is 3. The minimum atomic E-state index is -0.733. The molecule has 1 atom stereocenters. The molecule has 15 heavy (non-hydrogen) atoms. The van der Waals surface area contributed by atoms with Crippen LogP contribution in [0.2, 0.25) is 0 Å². The Balaban J connectivity index is 2.64. The van der Waals surface area contributed by atoms with Gasteiger partial charge in [-0.2, -0.15) is 0 Å². The smallest absolute Gasteiger partial charge is 0.229 e. The van der Waals surface area contributed by atoms with Crippen molar-refractivity contribution in [3.63, 3.8) is 0 Å². The summed E-state index contributed by atoms with van der Waals surface area (Å²) in [6.45, 7) is 5.48. The van der Waals surface area contributed by atoms with Gasteiger partial charge in [0.25, 0.3) is 0 Å². The van der Waals surface area contributed by atoms with Crippen LogP contribution in [0.25, 0.3) is 0 Å². The standard InChI is InChI=1S/C10H20N2O2S/c1-3-10(2,8-11)9(13)12-4-6-15(14)7-5-12/h3-8,11H2,1-2H3. The molecule has 0 bridgehead atoms. The van der Waals surface area contributed by atoms with Crippen molar-refractivity contribution >= 4 is 16.7 Å². The molecule has 0 aromatic heterocycles. The maximum Gasteiger partial charge on any atom is 0.229 e. The number of rotatable bonds is 3. The van der Waals surface area contributed by atoms with Gasteiger partial charge in [-0.1, -0.05) is 6.92 Å². The highest BCUT2D eigenvalue weighted by Gasteiger charge is 2.34. The molecule has 1 aliphatic heterocycles. The zero-order chi connectivity index (χ0) is 11.5. The first-order valence-corrected chi connectivity index (χ1v) is 6.86. The lowest BCUT2D eigenvalue weighted by Gasteiger charge is -2.34. The van der Waals surface area contributed by atoms with Crippen molar-refractivity contribution in [1.82, 2.24) is 4.90 Å². The van der Waals surface area contributed by atoms with Crippen LogP contribution in [-0.2, 0) is 15.6 Å². The second kappa shape index (κ2) is 5.07. The van der Waals surface area contributed by atoms with E-state index in [4.69, 9.17) is 5.73 Å². The summed E-state index contributed by atoms with van der Waals surface area (Å²) < 4.78 is 11.2. The Morgan fingerprint density at radius 3 is 2.40 bits per heavy atom. The van der Waals surface area contributed by atoms with Gasteiger partial charge in [-0.3, -0.25) is 9.00 Å². The third-order valence-corrected chi connectivity index (χ3v) is 4.49. The molecule has 0 aromatic rings. The van der Waals surface area contributed by atoms with Gasteiger partial charge in [0.05, 0.1) is 5.41 Å². The quantitative estimate of drug-likeness (QED) is 0.742. The molecule has 1 heterocycles. The minimum absolute atomic E-state index is 0.115. The van der Waals surface area contributed by atoms with Crippen LogP contribution in [0.3, 0.4) is 0 Å². The second-order valence-corrected chi connectivity index (χ2v) is 5.95. The summed E-state index contributed by atoms with van der Waals surface area (Å²) in [6.07, 6.45) is 0.752. The molecular formula is C10H20N2O2S. The fourth-order valence-electron chi connectivity index (χ4n) is 1.61. The number of hydrogen-bond donors (Lipinski definition) is 1. The van der Waals surface area contributed by atoms with Crippen LogP contribution in [0.1, 0.15) is 20.3 Å². The van der Waals surface area contributed by atoms with Gasteiger partial charge in [-0.15, -0.1) is 0 Å². The van der Waals surface area contributed by atoms with Crippen LogP contribution in [0.15, 0.2) is 0 Å². The maximum absolute atomic E-state index is 12.1. The third kappa shape index (κ3) is 2.78.